The van der Waals surface area contributed by atoms with E-state index in [9.17, 15) is 0 Å². The van der Waals surface area contributed by atoms with E-state index in [4.69, 9.17) is 17.3 Å². The molecule has 0 atom stereocenters. The van der Waals surface area contributed by atoms with Gasteiger partial charge in [-0.2, -0.15) is 0 Å². The van der Waals surface area contributed by atoms with Gasteiger partial charge in [0.2, 0.25) is 0 Å². The van der Waals surface area contributed by atoms with Gasteiger partial charge in [0.05, 0.1) is 5.52 Å². The number of pyridine rings is 1. The molecule has 0 unspecified atom stereocenters. The zero-order valence-electron chi connectivity index (χ0n) is 8.08. The van der Waals surface area contributed by atoms with Crippen molar-refractivity contribution < 1.29 is 0 Å². The predicted molar refractivity (Wildman–Crippen MR) is 65.3 cm³/mol. The van der Waals surface area contributed by atoms with E-state index in [1.807, 2.05) is 22.7 Å². The molecule has 3 nitrogen and oxygen atoms in total. The minimum Gasteiger partial charge on any atom is -0.330 e. The first kappa shape index (κ1) is 10.9. The van der Waals surface area contributed by atoms with E-state index in [1.165, 1.54) is 0 Å². The van der Waals surface area contributed by atoms with Crippen molar-refractivity contribution in [3.8, 4) is 0 Å². The van der Waals surface area contributed by atoms with Crippen LogP contribution >= 0.6 is 27.5 Å². The molecule has 0 aromatic carbocycles. The number of aryl methyl sites for hydroxylation is 1. The second kappa shape index (κ2) is 4.51. The molecule has 0 radical (unpaired) electrons. The van der Waals surface area contributed by atoms with Gasteiger partial charge in [-0.1, -0.05) is 11.6 Å². The Bertz CT molecular complexity index is 481. The van der Waals surface area contributed by atoms with Crippen LogP contribution in [0.3, 0.4) is 0 Å². The topological polar surface area (TPSA) is 43.3 Å². The third-order valence-corrected chi connectivity index (χ3v) is 3.15. The fourth-order valence-corrected chi connectivity index (χ4v) is 2.49. The first-order valence-electron chi connectivity index (χ1n) is 4.75. The van der Waals surface area contributed by atoms with Crippen molar-refractivity contribution in [1.82, 2.24) is 9.38 Å². The first-order valence-corrected chi connectivity index (χ1v) is 5.92. The molecular weight excluding hydrogens is 277 g/mol. The smallest absolute Gasteiger partial charge is 0.156 e. The van der Waals surface area contributed by atoms with E-state index < -0.39 is 0 Å². The lowest BCUT2D eigenvalue weighted by atomic mass is 10.3. The molecule has 2 N–H and O–H groups in total. The zero-order valence-corrected chi connectivity index (χ0v) is 10.4. The van der Waals surface area contributed by atoms with Crippen LogP contribution in [0.1, 0.15) is 12.2 Å². The molecule has 15 heavy (non-hydrogen) atoms. The highest BCUT2D eigenvalue weighted by atomic mass is 79.9. The van der Waals surface area contributed by atoms with Crippen LogP contribution in [0.2, 0.25) is 5.15 Å². The number of halogens is 2. The number of nitrogens with zero attached hydrogens (tertiary/aromatic N) is 2. The van der Waals surface area contributed by atoms with Crippen molar-refractivity contribution in [2.75, 3.05) is 6.54 Å². The Balaban J connectivity index is 2.53. The molecule has 0 amide bonds. The molecular formula is C10H11BrClN3. The van der Waals surface area contributed by atoms with Crippen LogP contribution in [0.25, 0.3) is 5.52 Å². The van der Waals surface area contributed by atoms with Gasteiger partial charge < -0.3 is 10.1 Å². The molecule has 2 rings (SSSR count). The van der Waals surface area contributed by atoms with E-state index in [2.05, 4.69) is 20.9 Å². The number of fused-ring (bicyclic) bond motifs is 1. The van der Waals surface area contributed by atoms with Crippen molar-refractivity contribution in [3.05, 3.63) is 33.8 Å². The van der Waals surface area contributed by atoms with E-state index in [0.29, 0.717) is 11.7 Å². The Morgan fingerprint density at radius 3 is 3.07 bits per heavy atom. The third-order valence-electron chi connectivity index (χ3n) is 2.25. The number of nitrogens with two attached hydrogens (primary N) is 1. The highest BCUT2D eigenvalue weighted by Gasteiger charge is 2.10. The fraction of sp³-hybridized carbons (Fsp3) is 0.300. The van der Waals surface area contributed by atoms with Crippen LogP contribution in [0.15, 0.2) is 22.8 Å². The molecule has 5 heteroatoms. The van der Waals surface area contributed by atoms with Gasteiger partial charge in [0.15, 0.2) is 5.15 Å². The zero-order chi connectivity index (χ0) is 10.8. The average molecular weight is 289 g/mol. The van der Waals surface area contributed by atoms with E-state index in [-0.39, 0.29) is 0 Å². The Hall–Kier alpha value is -0.580. The third kappa shape index (κ3) is 2.02. The minimum absolute atomic E-state index is 0.537. The summed E-state index contributed by atoms with van der Waals surface area (Å²) in [5.41, 5.74) is 6.40. The Labute approximate surface area is 101 Å². The van der Waals surface area contributed by atoms with Gasteiger partial charge in [-0.25, -0.2) is 4.98 Å². The molecule has 0 bridgehead atoms. The molecule has 0 aliphatic heterocycles. The van der Waals surface area contributed by atoms with Crippen molar-refractivity contribution in [3.63, 3.8) is 0 Å². The molecule has 0 aliphatic carbocycles. The van der Waals surface area contributed by atoms with Gasteiger partial charge in [0.1, 0.15) is 5.82 Å². The largest absolute Gasteiger partial charge is 0.330 e. The molecule has 0 saturated heterocycles. The summed E-state index contributed by atoms with van der Waals surface area (Å²) >= 11 is 9.53. The van der Waals surface area contributed by atoms with Crippen LogP contribution in [-0.4, -0.2) is 15.9 Å². The maximum atomic E-state index is 6.07. The van der Waals surface area contributed by atoms with Crippen LogP contribution in [-0.2, 0) is 6.42 Å². The number of hydrogen-bond donors (Lipinski definition) is 1. The van der Waals surface area contributed by atoms with Gasteiger partial charge in [-0.3, -0.25) is 0 Å². The second-order valence-corrected chi connectivity index (χ2v) is 4.50. The number of imidazole rings is 1. The average Bonchev–Trinajstić information content (AvgIpc) is 2.54. The van der Waals surface area contributed by atoms with Crippen LogP contribution in [0.4, 0.5) is 0 Å². The number of aromatic nitrogens is 2. The van der Waals surface area contributed by atoms with E-state index in [0.717, 1.165) is 28.7 Å². The standard InChI is InChI=1S/C10H11BrClN3/c11-7-3-2-6-15-8(4-1-5-13)14-10(12)9(7)15/h2-3,6H,1,4-5,13H2. The van der Waals surface area contributed by atoms with E-state index >= 15 is 0 Å². The lowest BCUT2D eigenvalue weighted by Crippen LogP contribution is -2.03. The normalized spacial score (nSPS) is 11.1. The summed E-state index contributed by atoms with van der Waals surface area (Å²) in [5, 5.41) is 0.537. The summed E-state index contributed by atoms with van der Waals surface area (Å²) < 4.78 is 2.96. The Morgan fingerprint density at radius 2 is 2.33 bits per heavy atom. The van der Waals surface area contributed by atoms with Crippen molar-refractivity contribution in [2.45, 2.75) is 12.8 Å². The number of rotatable bonds is 3. The summed E-state index contributed by atoms with van der Waals surface area (Å²) in [4.78, 5) is 4.33. The second-order valence-electron chi connectivity index (χ2n) is 3.29. The van der Waals surface area contributed by atoms with Gasteiger partial charge in [0.25, 0.3) is 0 Å². The first-order chi connectivity index (χ1) is 7.24. The minimum atomic E-state index is 0.537. The van der Waals surface area contributed by atoms with Crippen molar-refractivity contribution >= 4 is 33.0 Å². The molecule has 0 saturated carbocycles. The highest BCUT2D eigenvalue weighted by molar-refractivity contribution is 9.10. The molecule has 80 valence electrons. The quantitative estimate of drug-likeness (QED) is 0.943. The Morgan fingerprint density at radius 1 is 1.53 bits per heavy atom. The molecule has 2 aromatic rings. The lowest BCUT2D eigenvalue weighted by molar-refractivity contribution is 0.778. The predicted octanol–water partition coefficient (Wildman–Crippen LogP) is 2.64. The molecule has 0 fully saturated rings. The van der Waals surface area contributed by atoms with Gasteiger partial charge >= 0.3 is 0 Å². The molecule has 0 spiro atoms. The van der Waals surface area contributed by atoms with Crippen LogP contribution < -0.4 is 5.73 Å². The van der Waals surface area contributed by atoms with Crippen molar-refractivity contribution in [2.24, 2.45) is 5.73 Å². The molecule has 0 aliphatic rings. The summed E-state index contributed by atoms with van der Waals surface area (Å²) in [6.07, 6.45) is 3.73. The monoisotopic (exact) mass is 287 g/mol. The van der Waals surface area contributed by atoms with Gasteiger partial charge in [-0.15, -0.1) is 0 Å². The summed E-state index contributed by atoms with van der Waals surface area (Å²) in [5.74, 6) is 0.960. The molecule has 2 aromatic heterocycles. The summed E-state index contributed by atoms with van der Waals surface area (Å²) in [6, 6.07) is 3.91. The Kier molecular flexibility index (Phi) is 3.29. The van der Waals surface area contributed by atoms with Crippen LogP contribution in [0, 0.1) is 0 Å². The van der Waals surface area contributed by atoms with Crippen molar-refractivity contribution in [1.29, 1.82) is 0 Å². The summed E-state index contributed by atoms with van der Waals surface area (Å²) in [6.45, 7) is 0.667. The molecule has 2 heterocycles. The van der Waals surface area contributed by atoms with Crippen LogP contribution in [0.5, 0.6) is 0 Å². The SMILES string of the molecule is NCCCc1nc(Cl)c2c(Br)cccn12. The lowest BCUT2D eigenvalue weighted by Gasteiger charge is -2.00. The maximum absolute atomic E-state index is 6.07. The fourth-order valence-electron chi connectivity index (χ4n) is 1.55. The van der Waals surface area contributed by atoms with Gasteiger partial charge in [0, 0.05) is 17.1 Å². The maximum Gasteiger partial charge on any atom is 0.156 e. The van der Waals surface area contributed by atoms with Gasteiger partial charge in [-0.05, 0) is 41.0 Å². The summed E-state index contributed by atoms with van der Waals surface area (Å²) in [7, 11) is 0. The number of hydrogen-bond acceptors (Lipinski definition) is 2. The highest BCUT2D eigenvalue weighted by Crippen LogP contribution is 2.26. The van der Waals surface area contributed by atoms with E-state index in [1.54, 1.807) is 0 Å².